The molecule has 8 aliphatic rings. The van der Waals surface area contributed by atoms with Crippen molar-refractivity contribution in [1.29, 1.82) is 0 Å². The molecule has 8 rings (SSSR count). The van der Waals surface area contributed by atoms with Crippen LogP contribution in [0.2, 0.25) is 0 Å². The highest BCUT2D eigenvalue weighted by Crippen LogP contribution is 2.69. The summed E-state index contributed by atoms with van der Waals surface area (Å²) in [7, 11) is 0. The number of rotatable bonds is 22. The maximum Gasteiger partial charge on any atom is 0.155 e. The van der Waals surface area contributed by atoms with Gasteiger partial charge < -0.3 is 24.4 Å². The predicted octanol–water partition coefficient (Wildman–Crippen LogP) is 16.1. The average molecular weight is 932 g/mol. The van der Waals surface area contributed by atoms with Crippen LogP contribution in [0.5, 0.6) is 0 Å². The molecule has 6 saturated carbocycles. The first-order valence-corrected chi connectivity index (χ1v) is 29.6. The van der Waals surface area contributed by atoms with Crippen molar-refractivity contribution in [1.82, 2.24) is 0 Å². The van der Waals surface area contributed by atoms with Gasteiger partial charge in [0, 0.05) is 26.1 Å². The fourth-order valence-electron chi connectivity index (χ4n) is 18.9. The van der Waals surface area contributed by atoms with E-state index in [1.165, 1.54) is 116 Å². The highest BCUT2D eigenvalue weighted by atomic mass is 16.6. The number of hydrogen-bond donors (Lipinski definition) is 2. The fraction of sp³-hybridized carbons (Fsp3) is 0.935. The molecule has 2 unspecified atom stereocenters. The van der Waals surface area contributed by atoms with E-state index in [9.17, 15) is 10.2 Å². The van der Waals surface area contributed by atoms with Gasteiger partial charge in [-0.15, -0.1) is 0 Å². The van der Waals surface area contributed by atoms with Crippen molar-refractivity contribution in [2.24, 2.45) is 92.7 Å². The summed E-state index contributed by atoms with van der Waals surface area (Å²) in [6, 6.07) is 0. The molecule has 0 aromatic rings. The van der Waals surface area contributed by atoms with Gasteiger partial charge in [-0.2, -0.15) is 0 Å². The van der Waals surface area contributed by atoms with E-state index in [2.05, 4.69) is 81.4 Å². The van der Waals surface area contributed by atoms with Gasteiger partial charge in [-0.1, -0.05) is 131 Å². The molecule has 0 saturated heterocycles. The van der Waals surface area contributed by atoms with Crippen LogP contribution >= 0.6 is 0 Å². The van der Waals surface area contributed by atoms with E-state index in [0.717, 1.165) is 110 Å². The van der Waals surface area contributed by atoms with Gasteiger partial charge in [0.25, 0.3) is 0 Å². The largest absolute Gasteiger partial charge is 0.381 e. The minimum absolute atomic E-state index is 0.121. The summed E-state index contributed by atoms with van der Waals surface area (Å²) >= 11 is 0. The SMILES string of the molecule is CC(C)CCC[C@@H](C)[C@H]1CC[C@H]2[C@@H]3CC=C4C[C@@H](OC(O)CCCOCCCC(O)O[C@H]5CC[C@@]6(C)C(=CC[C@H]7[C@@H]8CC[C@H]([C@H](C)CCCC(C)C)[C@@]8(C)CC[C@@H]76)C5)CC[C@]4(C)[C@H]3CC[C@]12C. The second-order valence-electron chi connectivity index (χ2n) is 27.4. The smallest absolute Gasteiger partial charge is 0.155 e. The van der Waals surface area contributed by atoms with Crippen LogP contribution in [-0.2, 0) is 14.2 Å². The van der Waals surface area contributed by atoms with Gasteiger partial charge in [0.1, 0.15) is 0 Å². The number of aliphatic hydroxyl groups excluding tert-OH is 2. The third-order valence-electron chi connectivity index (χ3n) is 22.7. The van der Waals surface area contributed by atoms with E-state index in [0.29, 0.717) is 47.7 Å². The van der Waals surface area contributed by atoms with E-state index >= 15 is 0 Å². The van der Waals surface area contributed by atoms with Crippen molar-refractivity contribution in [2.75, 3.05) is 13.2 Å². The van der Waals surface area contributed by atoms with Gasteiger partial charge in [0.05, 0.1) is 12.2 Å². The van der Waals surface area contributed by atoms with Crippen LogP contribution in [-0.4, -0.2) is 48.2 Å². The zero-order valence-corrected chi connectivity index (χ0v) is 45.3. The number of fused-ring (bicyclic) bond motifs is 10. The Labute approximate surface area is 413 Å². The molecule has 0 heterocycles. The molecule has 0 radical (unpaired) electrons. The molecule has 0 amide bonds. The molecule has 2 N–H and O–H groups in total. The maximum atomic E-state index is 11.0. The topological polar surface area (TPSA) is 68.2 Å². The van der Waals surface area contributed by atoms with Gasteiger partial charge in [-0.05, 0) is 208 Å². The van der Waals surface area contributed by atoms with Gasteiger partial charge in [-0.25, -0.2) is 0 Å². The van der Waals surface area contributed by atoms with Crippen LogP contribution in [0.25, 0.3) is 0 Å². The molecule has 6 fully saturated rings. The second kappa shape index (κ2) is 22.2. The number of allylic oxidation sites excluding steroid dienone is 2. The Kier molecular flexibility index (Phi) is 17.4. The fourth-order valence-corrected chi connectivity index (χ4v) is 18.9. The molecule has 0 aromatic carbocycles. The first-order chi connectivity index (χ1) is 32.0. The molecule has 0 bridgehead atoms. The molecule has 5 heteroatoms. The van der Waals surface area contributed by atoms with Crippen LogP contribution < -0.4 is 0 Å². The van der Waals surface area contributed by atoms with E-state index in [-0.39, 0.29) is 12.2 Å². The summed E-state index contributed by atoms with van der Waals surface area (Å²) in [5.41, 5.74) is 4.95. The number of aliphatic hydroxyl groups is 2. The maximum absolute atomic E-state index is 11.0. The summed E-state index contributed by atoms with van der Waals surface area (Å²) in [5, 5.41) is 21.9. The Morgan fingerprint density at radius 3 is 1.31 bits per heavy atom. The van der Waals surface area contributed by atoms with Crippen LogP contribution in [0.1, 0.15) is 236 Å². The molecule has 0 aliphatic heterocycles. The van der Waals surface area contributed by atoms with Crippen molar-refractivity contribution < 1.29 is 24.4 Å². The van der Waals surface area contributed by atoms with Crippen LogP contribution in [0.3, 0.4) is 0 Å². The zero-order valence-electron chi connectivity index (χ0n) is 45.3. The first kappa shape index (κ1) is 52.6. The monoisotopic (exact) mass is 931 g/mol. The lowest BCUT2D eigenvalue weighted by Gasteiger charge is -2.58. The van der Waals surface area contributed by atoms with Gasteiger partial charge >= 0.3 is 0 Å². The van der Waals surface area contributed by atoms with Crippen LogP contribution in [0, 0.1) is 92.7 Å². The number of ether oxygens (including phenoxy) is 3. The Hall–Kier alpha value is -0.720. The summed E-state index contributed by atoms with van der Waals surface area (Å²) in [6.07, 6.45) is 35.8. The molecule has 8 aliphatic carbocycles. The van der Waals surface area contributed by atoms with E-state index < -0.39 is 12.6 Å². The minimum atomic E-state index is -0.729. The van der Waals surface area contributed by atoms with Crippen molar-refractivity contribution in [3.63, 3.8) is 0 Å². The van der Waals surface area contributed by atoms with E-state index in [4.69, 9.17) is 14.2 Å². The summed E-state index contributed by atoms with van der Waals surface area (Å²) < 4.78 is 18.7. The zero-order chi connectivity index (χ0) is 47.7. The van der Waals surface area contributed by atoms with Gasteiger partial charge in [0.2, 0.25) is 0 Å². The van der Waals surface area contributed by atoms with Crippen molar-refractivity contribution in [3.05, 3.63) is 23.3 Å². The molecule has 0 spiro atoms. The normalized spacial score (nSPS) is 42.1. The third-order valence-corrected chi connectivity index (χ3v) is 22.7. The minimum Gasteiger partial charge on any atom is -0.381 e. The summed E-state index contributed by atoms with van der Waals surface area (Å²) in [4.78, 5) is 0. The molecule has 384 valence electrons. The molecule has 18 atom stereocenters. The molecule has 67 heavy (non-hydrogen) atoms. The number of hydrogen-bond acceptors (Lipinski definition) is 5. The Morgan fingerprint density at radius 1 is 0.493 bits per heavy atom. The Bertz CT molecular complexity index is 1530. The highest BCUT2D eigenvalue weighted by Gasteiger charge is 2.61. The Balaban J connectivity index is 0.701. The third kappa shape index (κ3) is 11.1. The lowest BCUT2D eigenvalue weighted by molar-refractivity contribution is -0.155. The van der Waals surface area contributed by atoms with Gasteiger partial charge in [-0.3, -0.25) is 0 Å². The summed E-state index contributed by atoms with van der Waals surface area (Å²) in [5.74, 6) is 10.3. The molecule has 5 nitrogen and oxygen atoms in total. The highest BCUT2D eigenvalue weighted by molar-refractivity contribution is 5.27. The summed E-state index contributed by atoms with van der Waals surface area (Å²) in [6.45, 7) is 26.5. The Morgan fingerprint density at radius 2 is 0.910 bits per heavy atom. The van der Waals surface area contributed by atoms with Crippen molar-refractivity contribution in [2.45, 2.75) is 261 Å². The van der Waals surface area contributed by atoms with Crippen LogP contribution in [0.4, 0.5) is 0 Å². The standard InChI is InChI=1S/C62H106O5/c1-41(2)15-11-17-43(5)51-25-27-53-49-23-21-45-39-47(29-33-59(45,7)55(49)31-35-61(51,53)9)66-57(63)19-13-37-65-38-14-20-58(64)67-48-30-34-60(8)46(40-48)22-24-50-54-28-26-52(44(6)18-12-16-42(3)4)62(54,10)36-32-56(50)60/h21-22,41-44,47-58,63-64H,11-20,23-40H2,1-10H3/t43-,44-,47+,48+,49+,50+,51-,52-,53+,54+,55+,56+,57?,58?,59+,60+,61-,62-/m1/s1. The van der Waals surface area contributed by atoms with Crippen molar-refractivity contribution >= 4 is 0 Å². The second-order valence-corrected chi connectivity index (χ2v) is 27.4. The lowest BCUT2D eigenvalue weighted by atomic mass is 9.47. The van der Waals surface area contributed by atoms with Gasteiger partial charge in [0.15, 0.2) is 12.6 Å². The average Bonchev–Trinajstić information content (AvgIpc) is 3.83. The first-order valence-electron chi connectivity index (χ1n) is 29.6. The molecular weight excluding hydrogens is 825 g/mol. The van der Waals surface area contributed by atoms with E-state index in [1.807, 2.05) is 0 Å². The van der Waals surface area contributed by atoms with E-state index in [1.54, 1.807) is 11.1 Å². The predicted molar refractivity (Wildman–Crippen MR) is 277 cm³/mol. The van der Waals surface area contributed by atoms with Crippen molar-refractivity contribution in [3.8, 4) is 0 Å². The van der Waals surface area contributed by atoms with Crippen LogP contribution in [0.15, 0.2) is 23.3 Å². The molecule has 0 aromatic heterocycles. The molecular formula is C62H106O5. The quantitative estimate of drug-likeness (QED) is 0.0643. The lowest BCUT2D eigenvalue weighted by Crippen LogP contribution is -2.51.